The van der Waals surface area contributed by atoms with Crippen LogP contribution in [0.15, 0.2) is 52.5 Å². The number of hydrogen-bond acceptors (Lipinski definition) is 5. The maximum Gasteiger partial charge on any atom is 0.263 e. The van der Waals surface area contributed by atoms with Gasteiger partial charge in [0.25, 0.3) is 10.0 Å². The molecule has 0 saturated carbocycles. The molecule has 2 aromatic rings. The van der Waals surface area contributed by atoms with E-state index in [9.17, 15) is 21.2 Å². The highest BCUT2D eigenvalue weighted by atomic mass is 32.2. The van der Waals surface area contributed by atoms with Gasteiger partial charge in [0, 0.05) is 12.4 Å². The molecular formula is C11H10FN3O4S2. The van der Waals surface area contributed by atoms with E-state index in [0.29, 0.717) is 6.07 Å². The number of nitrogens with one attached hydrogen (secondary N) is 1. The minimum Gasteiger partial charge on any atom is -0.277 e. The minimum absolute atomic E-state index is 0.153. The van der Waals surface area contributed by atoms with E-state index < -0.39 is 36.4 Å². The number of hydrogen-bond donors (Lipinski definition) is 2. The SMILES string of the molecule is NS(=O)(=O)c1ccc(NS(=O)(=O)c2cccnc2)c(F)c1. The molecule has 112 valence electrons. The van der Waals surface area contributed by atoms with Crippen molar-refractivity contribution in [1.82, 2.24) is 4.98 Å². The Morgan fingerprint density at radius 1 is 1.10 bits per heavy atom. The van der Waals surface area contributed by atoms with Gasteiger partial charge < -0.3 is 0 Å². The minimum atomic E-state index is -4.07. The van der Waals surface area contributed by atoms with Crippen LogP contribution in [0.4, 0.5) is 10.1 Å². The second kappa shape index (κ2) is 5.39. The number of aromatic nitrogens is 1. The topological polar surface area (TPSA) is 119 Å². The first-order chi connectivity index (χ1) is 9.70. The number of halogens is 1. The van der Waals surface area contributed by atoms with E-state index in [1.807, 2.05) is 4.72 Å². The predicted molar refractivity (Wildman–Crippen MR) is 72.8 cm³/mol. The van der Waals surface area contributed by atoms with E-state index in [-0.39, 0.29) is 4.90 Å². The van der Waals surface area contributed by atoms with E-state index in [2.05, 4.69) is 4.98 Å². The second-order valence-electron chi connectivity index (χ2n) is 3.98. The standard InChI is InChI=1S/C11H10FN3O4S2/c12-10-6-8(20(13,16)17)3-4-11(10)15-21(18,19)9-2-1-5-14-7-9/h1-7,15H,(H2,13,16,17). The van der Waals surface area contributed by atoms with Gasteiger partial charge in [0.2, 0.25) is 10.0 Å². The van der Waals surface area contributed by atoms with Crippen LogP contribution in [0.1, 0.15) is 0 Å². The van der Waals surface area contributed by atoms with E-state index in [1.165, 1.54) is 18.3 Å². The van der Waals surface area contributed by atoms with Crippen molar-refractivity contribution in [3.8, 4) is 0 Å². The third-order valence-corrected chi connectivity index (χ3v) is 4.72. The number of primary sulfonamides is 1. The van der Waals surface area contributed by atoms with Crippen LogP contribution in [0.5, 0.6) is 0 Å². The van der Waals surface area contributed by atoms with Crippen molar-refractivity contribution in [2.75, 3.05) is 4.72 Å². The Labute approximate surface area is 120 Å². The van der Waals surface area contributed by atoms with Gasteiger partial charge in [0.05, 0.1) is 10.6 Å². The van der Waals surface area contributed by atoms with E-state index in [4.69, 9.17) is 5.14 Å². The van der Waals surface area contributed by atoms with Crippen LogP contribution in [-0.4, -0.2) is 21.8 Å². The molecule has 0 amide bonds. The fourth-order valence-electron chi connectivity index (χ4n) is 1.47. The summed E-state index contributed by atoms with van der Waals surface area (Å²) >= 11 is 0. The maximum atomic E-state index is 13.8. The van der Waals surface area contributed by atoms with E-state index in [1.54, 1.807) is 0 Å². The highest BCUT2D eigenvalue weighted by molar-refractivity contribution is 7.92. The van der Waals surface area contributed by atoms with Crippen molar-refractivity contribution < 1.29 is 21.2 Å². The zero-order chi connectivity index (χ0) is 15.7. The first-order valence-corrected chi connectivity index (χ1v) is 8.48. The lowest BCUT2D eigenvalue weighted by molar-refractivity contribution is 0.592. The lowest BCUT2D eigenvalue weighted by Gasteiger charge is -2.09. The Bertz CT molecular complexity index is 868. The molecule has 1 aromatic carbocycles. The fraction of sp³-hybridized carbons (Fsp3) is 0. The Morgan fingerprint density at radius 3 is 2.33 bits per heavy atom. The molecule has 0 spiro atoms. The summed E-state index contributed by atoms with van der Waals surface area (Å²) in [5, 5.41) is 4.85. The van der Waals surface area contributed by atoms with Crippen LogP contribution in [0.3, 0.4) is 0 Å². The molecule has 2 rings (SSSR count). The maximum absolute atomic E-state index is 13.8. The number of nitrogens with zero attached hydrogens (tertiary/aromatic N) is 1. The molecule has 1 aromatic heterocycles. The third-order valence-electron chi connectivity index (χ3n) is 2.46. The molecule has 0 fully saturated rings. The molecule has 0 bridgehead atoms. The summed E-state index contributed by atoms with van der Waals surface area (Å²) in [6, 6.07) is 5.31. The van der Waals surface area contributed by atoms with Gasteiger partial charge in [-0.05, 0) is 30.3 Å². The van der Waals surface area contributed by atoms with Gasteiger partial charge in [-0.3, -0.25) is 9.71 Å². The molecule has 0 unspecified atom stereocenters. The van der Waals surface area contributed by atoms with Gasteiger partial charge in [0.15, 0.2) is 0 Å². The average Bonchev–Trinajstić information content (AvgIpc) is 2.41. The molecule has 0 atom stereocenters. The van der Waals surface area contributed by atoms with Crippen LogP contribution in [0.2, 0.25) is 0 Å². The zero-order valence-corrected chi connectivity index (χ0v) is 12.0. The van der Waals surface area contributed by atoms with Crippen molar-refractivity contribution in [2.24, 2.45) is 5.14 Å². The molecule has 0 radical (unpaired) electrons. The molecule has 0 aliphatic rings. The lowest BCUT2D eigenvalue weighted by atomic mass is 10.3. The van der Waals surface area contributed by atoms with Crippen LogP contribution >= 0.6 is 0 Å². The van der Waals surface area contributed by atoms with Crippen LogP contribution < -0.4 is 9.86 Å². The Hall–Kier alpha value is -2.04. The molecule has 0 aliphatic carbocycles. The van der Waals surface area contributed by atoms with Gasteiger partial charge in [0.1, 0.15) is 10.7 Å². The van der Waals surface area contributed by atoms with Crippen molar-refractivity contribution in [3.63, 3.8) is 0 Å². The first-order valence-electron chi connectivity index (χ1n) is 5.45. The summed E-state index contributed by atoms with van der Waals surface area (Å²) in [7, 11) is -8.08. The fourth-order valence-corrected chi connectivity index (χ4v) is 3.02. The zero-order valence-electron chi connectivity index (χ0n) is 10.4. The van der Waals surface area contributed by atoms with Crippen molar-refractivity contribution in [3.05, 3.63) is 48.5 Å². The van der Waals surface area contributed by atoms with Crippen molar-refractivity contribution >= 4 is 25.7 Å². The summed E-state index contributed by atoms with van der Waals surface area (Å²) in [5.41, 5.74) is -0.397. The summed E-state index contributed by atoms with van der Waals surface area (Å²) in [4.78, 5) is 3.05. The van der Waals surface area contributed by atoms with Gasteiger partial charge >= 0.3 is 0 Å². The van der Waals surface area contributed by atoms with Crippen molar-refractivity contribution in [1.29, 1.82) is 0 Å². The highest BCUT2D eigenvalue weighted by Crippen LogP contribution is 2.21. The number of nitrogens with two attached hydrogens (primary N) is 1. The molecule has 10 heteroatoms. The third kappa shape index (κ3) is 3.54. The smallest absolute Gasteiger partial charge is 0.263 e. The molecule has 3 N–H and O–H groups in total. The second-order valence-corrected chi connectivity index (χ2v) is 7.22. The molecule has 0 aliphatic heterocycles. The number of rotatable bonds is 4. The average molecular weight is 331 g/mol. The quantitative estimate of drug-likeness (QED) is 0.853. The van der Waals surface area contributed by atoms with Gasteiger partial charge in [-0.2, -0.15) is 0 Å². The first kappa shape index (κ1) is 15.4. The number of sulfonamides is 2. The van der Waals surface area contributed by atoms with E-state index in [0.717, 1.165) is 18.3 Å². The summed E-state index contributed by atoms with van der Waals surface area (Å²) < 4.78 is 61.9. The van der Waals surface area contributed by atoms with Crippen LogP contribution in [0.25, 0.3) is 0 Å². The van der Waals surface area contributed by atoms with Gasteiger partial charge in [-0.25, -0.2) is 26.4 Å². The van der Waals surface area contributed by atoms with E-state index >= 15 is 0 Å². The molecular weight excluding hydrogens is 321 g/mol. The Morgan fingerprint density at radius 2 is 1.81 bits per heavy atom. The highest BCUT2D eigenvalue weighted by Gasteiger charge is 2.18. The van der Waals surface area contributed by atoms with Crippen molar-refractivity contribution in [2.45, 2.75) is 9.79 Å². The molecule has 0 saturated heterocycles. The Kier molecular flexibility index (Phi) is 3.94. The monoisotopic (exact) mass is 331 g/mol. The number of pyridine rings is 1. The number of benzene rings is 1. The number of anilines is 1. The summed E-state index contributed by atoms with van der Waals surface area (Å²) in [5.74, 6) is -1.06. The Balaban J connectivity index is 2.37. The molecule has 1 heterocycles. The molecule has 7 nitrogen and oxygen atoms in total. The molecule has 21 heavy (non-hydrogen) atoms. The van der Waals surface area contributed by atoms with Crippen LogP contribution in [-0.2, 0) is 20.0 Å². The van der Waals surface area contributed by atoms with Crippen LogP contribution in [0, 0.1) is 5.82 Å². The summed E-state index contributed by atoms with van der Waals surface area (Å²) in [6.45, 7) is 0. The normalized spacial score (nSPS) is 12.1. The van der Waals surface area contributed by atoms with Gasteiger partial charge in [-0.15, -0.1) is 0 Å². The summed E-state index contributed by atoms with van der Waals surface area (Å²) in [6.07, 6.45) is 2.49. The lowest BCUT2D eigenvalue weighted by Crippen LogP contribution is -2.16. The van der Waals surface area contributed by atoms with Gasteiger partial charge in [-0.1, -0.05) is 0 Å². The predicted octanol–water partition coefficient (Wildman–Crippen LogP) is 0.669. The largest absolute Gasteiger partial charge is 0.277 e.